The number of carboxylic acids is 1. The molecule has 1 aliphatic heterocycles. The molecule has 57 heavy (non-hydrogen) atoms. The molecular formula is C41H41N3O13. The first-order valence-corrected chi connectivity index (χ1v) is 18.0. The molecule has 4 heterocycles. The third kappa shape index (κ3) is 7.56. The topological polar surface area (TPSA) is 235 Å². The first-order valence-electron chi connectivity index (χ1n) is 18.0. The summed E-state index contributed by atoms with van der Waals surface area (Å²) in [6, 6.07) is 18.1. The lowest BCUT2D eigenvalue weighted by Gasteiger charge is -2.48. The average Bonchev–Trinajstić information content (AvgIpc) is 3.77. The Hall–Kier alpha value is -6.17. The largest absolute Gasteiger partial charge is 0.508 e. The van der Waals surface area contributed by atoms with Crippen molar-refractivity contribution in [1.29, 1.82) is 0 Å². The van der Waals surface area contributed by atoms with E-state index in [1.807, 2.05) is 38.1 Å². The van der Waals surface area contributed by atoms with Crippen LogP contribution in [-0.4, -0.2) is 104 Å². The van der Waals surface area contributed by atoms with Crippen LogP contribution in [0.5, 0.6) is 11.5 Å². The lowest BCUT2D eigenvalue weighted by Crippen LogP contribution is -2.72. The standard InChI is InChI=1S/C41H41N3O13/c1-21-12-22(2)14-25(13-21)34-33-24(10-11-43-33)17-44(34)57-37-40(56-32(36(48)41(37,52)20-45)19-54-39(51)29(16-42-3)38(49)50)55-27-8-9-28-31(15-27)53-18-30(35(28)47)23-4-6-26(46)7-5-23/h4-15,17-18,29,32,36-37,40,42-43,45-46,48,52H,16,19-20H2,1-3H3,(H,49,50). The number of carbonyl (C=O) groups is 2. The summed E-state index contributed by atoms with van der Waals surface area (Å²) in [5.74, 6) is -4.06. The van der Waals surface area contributed by atoms with Gasteiger partial charge in [0.2, 0.25) is 12.4 Å². The second kappa shape index (κ2) is 15.8. The van der Waals surface area contributed by atoms with Crippen molar-refractivity contribution in [3.8, 4) is 33.9 Å². The number of fused-ring (bicyclic) bond motifs is 2. The van der Waals surface area contributed by atoms with Gasteiger partial charge in [0.1, 0.15) is 47.9 Å². The Labute approximate surface area is 324 Å². The summed E-state index contributed by atoms with van der Waals surface area (Å²) < 4.78 is 24.9. The highest BCUT2D eigenvalue weighted by molar-refractivity contribution is 5.94. The van der Waals surface area contributed by atoms with Gasteiger partial charge in [-0.1, -0.05) is 29.3 Å². The molecule has 1 fully saturated rings. The maximum atomic E-state index is 13.5. The number of rotatable bonds is 13. The fourth-order valence-electron chi connectivity index (χ4n) is 7.07. The van der Waals surface area contributed by atoms with Crippen LogP contribution in [0.3, 0.4) is 0 Å². The van der Waals surface area contributed by atoms with E-state index in [2.05, 4.69) is 10.3 Å². The van der Waals surface area contributed by atoms with Crippen molar-refractivity contribution in [2.45, 2.75) is 44.1 Å². The van der Waals surface area contributed by atoms with Crippen molar-refractivity contribution in [1.82, 2.24) is 15.0 Å². The van der Waals surface area contributed by atoms with Crippen molar-refractivity contribution in [3.05, 3.63) is 107 Å². The molecule has 16 nitrogen and oxygen atoms in total. The monoisotopic (exact) mass is 783 g/mol. The van der Waals surface area contributed by atoms with E-state index >= 15 is 0 Å². The average molecular weight is 784 g/mol. The minimum Gasteiger partial charge on any atom is -0.508 e. The third-order valence-electron chi connectivity index (χ3n) is 9.94. The van der Waals surface area contributed by atoms with Gasteiger partial charge in [-0.25, -0.2) is 0 Å². The Balaban J connectivity index is 1.27. The molecular weight excluding hydrogens is 742 g/mol. The van der Waals surface area contributed by atoms with E-state index in [-0.39, 0.29) is 40.0 Å². The van der Waals surface area contributed by atoms with E-state index in [1.165, 1.54) is 48.4 Å². The number of phenolic OH excluding ortho intramolecular Hbond substituents is 1. The number of aryl methyl sites for hydroxylation is 2. The smallest absolute Gasteiger partial charge is 0.321 e. The summed E-state index contributed by atoms with van der Waals surface area (Å²) >= 11 is 0. The van der Waals surface area contributed by atoms with Crippen molar-refractivity contribution in [3.63, 3.8) is 0 Å². The molecule has 6 unspecified atom stereocenters. The molecule has 3 aromatic carbocycles. The van der Waals surface area contributed by atoms with Gasteiger partial charge >= 0.3 is 11.9 Å². The summed E-state index contributed by atoms with van der Waals surface area (Å²) in [5, 5.41) is 57.3. The van der Waals surface area contributed by atoms with Crippen LogP contribution in [-0.2, 0) is 19.1 Å². The van der Waals surface area contributed by atoms with E-state index in [0.29, 0.717) is 16.8 Å². The van der Waals surface area contributed by atoms with Gasteiger partial charge in [0.15, 0.2) is 16.9 Å². The molecule has 6 aromatic rings. The summed E-state index contributed by atoms with van der Waals surface area (Å²) in [4.78, 5) is 47.7. The molecule has 6 atom stereocenters. The molecule has 0 amide bonds. The van der Waals surface area contributed by atoms with Crippen LogP contribution in [0.25, 0.3) is 44.3 Å². The van der Waals surface area contributed by atoms with Gasteiger partial charge in [0.05, 0.1) is 29.3 Å². The minimum absolute atomic E-state index is 0.0352. The summed E-state index contributed by atoms with van der Waals surface area (Å²) in [6.45, 7) is 1.82. The number of nitrogens with zero attached hydrogens (tertiary/aromatic N) is 1. The van der Waals surface area contributed by atoms with Gasteiger partial charge in [-0.2, -0.15) is 4.73 Å². The number of aromatic nitrogens is 2. The van der Waals surface area contributed by atoms with Crippen LogP contribution in [0, 0.1) is 19.8 Å². The number of aliphatic carboxylic acids is 1. The van der Waals surface area contributed by atoms with E-state index in [0.717, 1.165) is 22.1 Å². The van der Waals surface area contributed by atoms with Gasteiger partial charge in [0.25, 0.3) is 0 Å². The molecule has 1 saturated heterocycles. The molecule has 7 rings (SSSR count). The number of aliphatic hydroxyl groups is 3. The summed E-state index contributed by atoms with van der Waals surface area (Å²) in [5.41, 5.74) is 1.93. The van der Waals surface area contributed by atoms with E-state index in [1.54, 1.807) is 24.5 Å². The first kappa shape index (κ1) is 39.1. The van der Waals surface area contributed by atoms with Crippen LogP contribution in [0.15, 0.2) is 94.6 Å². The van der Waals surface area contributed by atoms with Gasteiger partial charge < -0.3 is 59.3 Å². The van der Waals surface area contributed by atoms with Gasteiger partial charge in [0, 0.05) is 29.8 Å². The number of benzene rings is 3. The number of aromatic amines is 1. The molecule has 0 bridgehead atoms. The molecule has 1 aliphatic rings. The second-order valence-corrected chi connectivity index (χ2v) is 14.0. The highest BCUT2D eigenvalue weighted by atomic mass is 16.8. The van der Waals surface area contributed by atoms with E-state index in [9.17, 15) is 39.9 Å². The lowest BCUT2D eigenvalue weighted by molar-refractivity contribution is -0.328. The lowest BCUT2D eigenvalue weighted by atomic mass is 9.84. The SMILES string of the molecule is CNCC(C(=O)O)C(=O)OCC1OC(Oc2ccc3c(=O)c(-c4ccc(O)cc4)coc3c2)C(On2cc3cc[nH]c3c2-c2cc(C)cc(C)c2)C(O)(CO)C1O. The Morgan fingerprint density at radius 1 is 1.04 bits per heavy atom. The maximum absolute atomic E-state index is 13.5. The number of H-pyrrole nitrogens is 1. The molecule has 3 aromatic heterocycles. The molecule has 0 saturated carbocycles. The number of ether oxygens (including phenoxy) is 3. The zero-order valence-electron chi connectivity index (χ0n) is 31.0. The Morgan fingerprint density at radius 2 is 1.77 bits per heavy atom. The normalized spacial score (nSPS) is 21.4. The molecule has 0 radical (unpaired) electrons. The first-order chi connectivity index (χ1) is 27.3. The number of nitrogens with one attached hydrogen (secondary N) is 2. The Morgan fingerprint density at radius 3 is 2.46 bits per heavy atom. The highest BCUT2D eigenvalue weighted by Crippen LogP contribution is 2.36. The summed E-state index contributed by atoms with van der Waals surface area (Å²) in [6.07, 6.45) is -2.20. The number of hydrogen-bond acceptors (Lipinski definition) is 13. The number of esters is 1. The molecule has 7 N–H and O–H groups in total. The van der Waals surface area contributed by atoms with E-state index < -0.39 is 61.3 Å². The number of aliphatic hydroxyl groups excluding tert-OH is 2. The fourth-order valence-corrected chi connectivity index (χ4v) is 7.07. The maximum Gasteiger partial charge on any atom is 0.321 e. The summed E-state index contributed by atoms with van der Waals surface area (Å²) in [7, 11) is 1.46. The van der Waals surface area contributed by atoms with Crippen LogP contribution < -0.4 is 20.3 Å². The highest BCUT2D eigenvalue weighted by Gasteiger charge is 2.59. The van der Waals surface area contributed by atoms with Gasteiger partial charge in [-0.15, -0.1) is 0 Å². The second-order valence-electron chi connectivity index (χ2n) is 14.0. The minimum atomic E-state index is -2.54. The number of carboxylic acid groups (broad SMARTS) is 1. The van der Waals surface area contributed by atoms with Crippen LogP contribution in [0.4, 0.5) is 0 Å². The molecule has 0 spiro atoms. The molecule has 0 aliphatic carbocycles. The molecule has 16 heteroatoms. The van der Waals surface area contributed by atoms with Crippen molar-refractivity contribution in [2.24, 2.45) is 5.92 Å². The number of phenols is 1. The Kier molecular flexibility index (Phi) is 10.8. The predicted octanol–water partition coefficient (Wildman–Crippen LogP) is 2.88. The van der Waals surface area contributed by atoms with Crippen LogP contribution >= 0.6 is 0 Å². The number of hydrogen-bond donors (Lipinski definition) is 7. The van der Waals surface area contributed by atoms with E-state index in [4.69, 9.17) is 23.5 Å². The van der Waals surface area contributed by atoms with Gasteiger partial charge in [-0.05, 0) is 68.9 Å². The zero-order chi connectivity index (χ0) is 40.6. The number of carbonyl (C=O) groups excluding carboxylic acids is 1. The molecule has 298 valence electrons. The predicted molar refractivity (Wildman–Crippen MR) is 204 cm³/mol. The van der Waals surface area contributed by atoms with Gasteiger partial charge in [-0.3, -0.25) is 14.4 Å². The third-order valence-corrected chi connectivity index (χ3v) is 9.94. The fraction of sp³-hybridized carbons (Fsp3) is 0.293. The quantitative estimate of drug-likeness (QED) is 0.0660. The van der Waals surface area contributed by atoms with Crippen molar-refractivity contribution >= 4 is 33.8 Å². The Bertz CT molecular complexity index is 2470. The van der Waals surface area contributed by atoms with Crippen molar-refractivity contribution < 1.29 is 58.6 Å². The number of aromatic hydroxyl groups is 1. The van der Waals surface area contributed by atoms with Crippen LogP contribution in [0.1, 0.15) is 11.1 Å². The van der Waals surface area contributed by atoms with Crippen LogP contribution in [0.2, 0.25) is 0 Å². The zero-order valence-corrected chi connectivity index (χ0v) is 31.0. The van der Waals surface area contributed by atoms with Crippen molar-refractivity contribution in [2.75, 3.05) is 26.8 Å².